The predicted octanol–water partition coefficient (Wildman–Crippen LogP) is 5.04. The first-order valence-electron chi connectivity index (χ1n) is 11.8. The number of aliphatic hydroxyl groups is 1. The first-order chi connectivity index (χ1) is 15.5. The number of nitrogens with one attached hydrogen (secondary N) is 2. The number of benzene rings is 1. The molecule has 0 aliphatic heterocycles. The molecule has 2 aliphatic carbocycles. The van der Waals surface area contributed by atoms with Crippen LogP contribution in [0.25, 0.3) is 10.4 Å². The Bertz CT molecular complexity index is 927. The van der Waals surface area contributed by atoms with Crippen LogP contribution in [0.3, 0.4) is 0 Å². The quantitative estimate of drug-likeness (QED) is 0.496. The Morgan fingerprint density at radius 1 is 1.19 bits per heavy atom. The van der Waals surface area contributed by atoms with Crippen molar-refractivity contribution < 1.29 is 14.1 Å². The van der Waals surface area contributed by atoms with Gasteiger partial charge in [-0.1, -0.05) is 30.6 Å². The molecule has 2 aromatic rings. The van der Waals surface area contributed by atoms with Gasteiger partial charge in [-0.05, 0) is 75.1 Å². The van der Waals surface area contributed by atoms with Crippen molar-refractivity contribution in [1.29, 1.82) is 0 Å². The number of aromatic nitrogens is 1. The van der Waals surface area contributed by atoms with Crippen molar-refractivity contribution in [1.82, 2.24) is 9.71 Å². The molecule has 6 nitrogen and oxygen atoms in total. The molecule has 0 spiro atoms. The first kappa shape index (κ1) is 23.7. The molecule has 176 valence electrons. The summed E-state index contributed by atoms with van der Waals surface area (Å²) in [6.45, 7) is 3.02. The lowest BCUT2D eigenvalue weighted by atomic mass is 9.89. The lowest BCUT2D eigenvalue weighted by Gasteiger charge is -2.26. The second kappa shape index (κ2) is 11.1. The van der Waals surface area contributed by atoms with Gasteiger partial charge >= 0.3 is 0 Å². The number of rotatable bonds is 8. The number of aliphatic hydroxyl groups excluding tert-OH is 1. The molecule has 1 heterocycles. The Kier molecular flexibility index (Phi) is 8.21. The van der Waals surface area contributed by atoms with Crippen LogP contribution >= 0.6 is 11.3 Å². The minimum Gasteiger partial charge on any atom is -0.495 e. The maximum Gasteiger partial charge on any atom is 0.183 e. The summed E-state index contributed by atoms with van der Waals surface area (Å²) in [5.74, 6) is 1.35. The molecule has 8 heteroatoms. The number of thiazole rings is 1. The summed E-state index contributed by atoms with van der Waals surface area (Å²) in [6.07, 6.45) is 9.69. The zero-order chi connectivity index (χ0) is 22.5. The highest BCUT2D eigenvalue weighted by atomic mass is 32.2. The molecule has 3 unspecified atom stereocenters. The highest BCUT2D eigenvalue weighted by Gasteiger charge is 2.24. The molecule has 0 bridgehead atoms. The Hall–Kier alpha value is -1.48. The summed E-state index contributed by atoms with van der Waals surface area (Å²) in [5.41, 5.74) is 1.98. The van der Waals surface area contributed by atoms with Gasteiger partial charge in [0.05, 0.1) is 28.7 Å². The molecule has 2 fully saturated rings. The van der Waals surface area contributed by atoms with Crippen LogP contribution in [0.4, 0.5) is 5.13 Å². The molecule has 4 rings (SSSR count). The summed E-state index contributed by atoms with van der Waals surface area (Å²) >= 11 is 1.66. The van der Waals surface area contributed by atoms with Gasteiger partial charge in [0.25, 0.3) is 0 Å². The third-order valence-corrected chi connectivity index (χ3v) is 9.04. The van der Waals surface area contributed by atoms with E-state index in [-0.39, 0.29) is 12.1 Å². The zero-order valence-corrected chi connectivity index (χ0v) is 20.7. The molecule has 32 heavy (non-hydrogen) atoms. The minimum absolute atomic E-state index is 0.0497. The van der Waals surface area contributed by atoms with Crippen LogP contribution in [0, 0.1) is 12.8 Å². The first-order valence-corrected chi connectivity index (χ1v) is 13.8. The fourth-order valence-electron chi connectivity index (χ4n) is 4.81. The van der Waals surface area contributed by atoms with Crippen LogP contribution in [-0.4, -0.2) is 40.1 Å². The second-order valence-electron chi connectivity index (χ2n) is 9.09. The monoisotopic (exact) mass is 477 g/mol. The molecule has 3 atom stereocenters. The van der Waals surface area contributed by atoms with Crippen molar-refractivity contribution in [2.75, 3.05) is 19.0 Å². The van der Waals surface area contributed by atoms with E-state index in [1.807, 2.05) is 25.1 Å². The number of nitrogens with zero attached hydrogens (tertiary/aromatic N) is 1. The smallest absolute Gasteiger partial charge is 0.183 e. The molecular formula is C24H35N3O3S2. The van der Waals surface area contributed by atoms with Crippen LogP contribution in [-0.2, 0) is 11.0 Å². The molecule has 3 N–H and O–H groups in total. The number of aryl methyl sites for hydroxylation is 1. The molecule has 2 aliphatic rings. The lowest BCUT2D eigenvalue weighted by molar-refractivity contribution is 0.117. The van der Waals surface area contributed by atoms with Crippen LogP contribution in [0.2, 0.25) is 0 Å². The summed E-state index contributed by atoms with van der Waals surface area (Å²) in [7, 11) is 0.187. The van der Waals surface area contributed by atoms with E-state index in [9.17, 15) is 9.32 Å². The average Bonchev–Trinajstić information content (AvgIpc) is 3.18. The Labute approximate surface area is 197 Å². The van der Waals surface area contributed by atoms with Gasteiger partial charge in [0, 0.05) is 12.6 Å². The third kappa shape index (κ3) is 5.90. The normalized spacial score (nSPS) is 23.1. The van der Waals surface area contributed by atoms with Gasteiger partial charge in [-0.25, -0.2) is 13.9 Å². The number of hydrogen-bond acceptors (Lipinski definition) is 6. The van der Waals surface area contributed by atoms with E-state index in [0.29, 0.717) is 17.1 Å². The van der Waals surface area contributed by atoms with Crippen molar-refractivity contribution in [3.05, 3.63) is 23.9 Å². The van der Waals surface area contributed by atoms with E-state index in [1.54, 1.807) is 18.4 Å². The Morgan fingerprint density at radius 2 is 2.00 bits per heavy atom. The summed E-state index contributed by atoms with van der Waals surface area (Å²) in [6, 6.07) is 5.89. The minimum atomic E-state index is -1.42. The van der Waals surface area contributed by atoms with Crippen LogP contribution in [0.1, 0.15) is 63.5 Å². The van der Waals surface area contributed by atoms with E-state index in [2.05, 4.69) is 10.0 Å². The number of methoxy groups -OCH3 is 1. The molecule has 0 saturated heterocycles. The summed E-state index contributed by atoms with van der Waals surface area (Å²) in [4.78, 5) is 6.47. The maximum atomic E-state index is 13.2. The molecule has 0 amide bonds. The number of hydrogen-bond donors (Lipinski definition) is 3. The molecule has 0 radical (unpaired) electrons. The van der Waals surface area contributed by atoms with Crippen LogP contribution in [0.15, 0.2) is 23.1 Å². The highest BCUT2D eigenvalue weighted by molar-refractivity contribution is 7.83. The van der Waals surface area contributed by atoms with Gasteiger partial charge in [-0.15, -0.1) is 0 Å². The molecule has 2 saturated carbocycles. The van der Waals surface area contributed by atoms with Crippen LogP contribution in [0.5, 0.6) is 5.75 Å². The van der Waals surface area contributed by atoms with Gasteiger partial charge in [-0.3, -0.25) is 0 Å². The van der Waals surface area contributed by atoms with Gasteiger partial charge < -0.3 is 15.2 Å². The highest BCUT2D eigenvalue weighted by Crippen LogP contribution is 2.36. The molecule has 1 aromatic heterocycles. The van der Waals surface area contributed by atoms with Crippen molar-refractivity contribution >= 4 is 27.5 Å². The fourth-order valence-corrected chi connectivity index (χ4v) is 6.99. The van der Waals surface area contributed by atoms with Crippen LogP contribution < -0.4 is 14.8 Å². The molecule has 1 aromatic carbocycles. The average molecular weight is 478 g/mol. The third-order valence-electron chi connectivity index (χ3n) is 6.61. The zero-order valence-electron chi connectivity index (χ0n) is 19.1. The molecular weight excluding hydrogens is 442 g/mol. The van der Waals surface area contributed by atoms with Crippen molar-refractivity contribution in [3.63, 3.8) is 0 Å². The Balaban J connectivity index is 1.48. The van der Waals surface area contributed by atoms with Gasteiger partial charge in [0.1, 0.15) is 16.7 Å². The lowest BCUT2D eigenvalue weighted by Crippen LogP contribution is -2.37. The van der Waals surface area contributed by atoms with Gasteiger partial charge in [0.15, 0.2) is 5.13 Å². The van der Waals surface area contributed by atoms with E-state index >= 15 is 0 Å². The standard InChI is InChI=1S/C24H35N3O3S2/c1-16-23(31-24(26-16)25-15-17-7-4-3-5-8-17)18-11-12-21(30-2)22(13-18)32(29)27-19-9-6-10-20(28)14-19/h11-13,17,19-20,27-28H,3-10,14-15H2,1-2H3,(H,25,26). The predicted molar refractivity (Wildman–Crippen MR) is 132 cm³/mol. The second-order valence-corrected chi connectivity index (χ2v) is 11.3. The maximum absolute atomic E-state index is 13.2. The topological polar surface area (TPSA) is 83.5 Å². The SMILES string of the molecule is COc1ccc(-c2sc(NCC3CCCCC3)nc2C)cc1S(=O)NC1CCCC(O)C1. The van der Waals surface area contributed by atoms with E-state index in [0.717, 1.165) is 53.0 Å². The number of ether oxygens (including phenoxy) is 1. The van der Waals surface area contributed by atoms with Crippen molar-refractivity contribution in [3.8, 4) is 16.2 Å². The fraction of sp³-hybridized carbons (Fsp3) is 0.625. The Morgan fingerprint density at radius 3 is 2.75 bits per heavy atom. The van der Waals surface area contributed by atoms with E-state index < -0.39 is 11.0 Å². The van der Waals surface area contributed by atoms with Crippen molar-refractivity contribution in [2.45, 2.75) is 81.8 Å². The van der Waals surface area contributed by atoms with Crippen molar-refractivity contribution in [2.24, 2.45) is 5.92 Å². The van der Waals surface area contributed by atoms with E-state index in [1.165, 1.54) is 32.1 Å². The number of anilines is 1. The summed E-state index contributed by atoms with van der Waals surface area (Å²) < 4.78 is 21.9. The van der Waals surface area contributed by atoms with Gasteiger partial charge in [0.2, 0.25) is 0 Å². The largest absolute Gasteiger partial charge is 0.495 e. The summed E-state index contributed by atoms with van der Waals surface area (Å²) in [5, 5.41) is 14.4. The van der Waals surface area contributed by atoms with E-state index in [4.69, 9.17) is 9.72 Å². The van der Waals surface area contributed by atoms with Gasteiger partial charge in [-0.2, -0.15) is 0 Å².